The van der Waals surface area contributed by atoms with E-state index < -0.39 is 0 Å². The largest absolute Gasteiger partial charge is 0.303 e. The number of piperidine rings is 1. The van der Waals surface area contributed by atoms with Gasteiger partial charge in [-0.25, -0.2) is 0 Å². The van der Waals surface area contributed by atoms with Gasteiger partial charge in [0, 0.05) is 12.6 Å². The molecule has 0 aromatic carbocycles. The summed E-state index contributed by atoms with van der Waals surface area (Å²) in [7, 11) is 2.32. The van der Waals surface area contributed by atoms with Gasteiger partial charge >= 0.3 is 0 Å². The zero-order chi connectivity index (χ0) is 9.42. The average Bonchev–Trinajstić information content (AvgIpc) is 2.48. The Hall–Kier alpha value is -0.0400. The van der Waals surface area contributed by atoms with E-state index in [4.69, 9.17) is 0 Å². The Morgan fingerprint density at radius 1 is 1.15 bits per heavy atom. The van der Waals surface area contributed by atoms with Crippen molar-refractivity contribution in [2.24, 2.45) is 17.8 Å². The Morgan fingerprint density at radius 3 is 2.54 bits per heavy atom. The van der Waals surface area contributed by atoms with Crippen LogP contribution in [0.2, 0.25) is 0 Å². The van der Waals surface area contributed by atoms with Gasteiger partial charge in [-0.05, 0) is 37.6 Å². The molecule has 13 heavy (non-hydrogen) atoms. The summed E-state index contributed by atoms with van der Waals surface area (Å²) in [5, 5.41) is 0. The molecule has 0 aromatic rings. The fraction of sp³-hybridized carbons (Fsp3) is 1.00. The van der Waals surface area contributed by atoms with E-state index in [-0.39, 0.29) is 0 Å². The minimum atomic E-state index is 0.839. The van der Waals surface area contributed by atoms with Crippen molar-refractivity contribution in [3.05, 3.63) is 0 Å². The highest BCUT2D eigenvalue weighted by atomic mass is 15.1. The third-order valence-corrected chi connectivity index (χ3v) is 4.22. The third kappa shape index (κ3) is 1.76. The fourth-order valence-electron chi connectivity index (χ4n) is 3.44. The summed E-state index contributed by atoms with van der Waals surface area (Å²) in [6.45, 7) is 6.11. The zero-order valence-electron chi connectivity index (χ0n) is 9.29. The van der Waals surface area contributed by atoms with Crippen LogP contribution >= 0.6 is 0 Å². The number of rotatable bonds is 1. The fourth-order valence-corrected chi connectivity index (χ4v) is 3.44. The number of likely N-dealkylation sites (tertiary alicyclic amines) is 1. The van der Waals surface area contributed by atoms with Crippen molar-refractivity contribution in [1.29, 1.82) is 0 Å². The Morgan fingerprint density at radius 2 is 1.85 bits per heavy atom. The molecule has 0 aromatic heterocycles. The molecule has 3 atom stereocenters. The molecule has 0 radical (unpaired) electrons. The maximum absolute atomic E-state index is 2.61. The molecule has 2 rings (SSSR count). The Labute approximate surface area is 82.5 Å². The summed E-state index contributed by atoms with van der Waals surface area (Å²) < 4.78 is 0. The Bertz CT molecular complexity index is 176. The van der Waals surface area contributed by atoms with Gasteiger partial charge in [-0.2, -0.15) is 0 Å². The molecule has 2 fully saturated rings. The minimum absolute atomic E-state index is 0.839. The highest BCUT2D eigenvalue weighted by molar-refractivity contribution is 4.90. The SMILES string of the molecule is CC(C)[C@H]1C[C@@H]2CCC[C@@H]2CN1C. The lowest BCUT2D eigenvalue weighted by Crippen LogP contribution is -2.46. The lowest BCUT2D eigenvalue weighted by molar-refractivity contribution is 0.0736. The van der Waals surface area contributed by atoms with Gasteiger partial charge in [-0.3, -0.25) is 0 Å². The molecule has 0 bridgehead atoms. The van der Waals surface area contributed by atoms with Crippen LogP contribution in [0.4, 0.5) is 0 Å². The van der Waals surface area contributed by atoms with E-state index in [1.54, 1.807) is 0 Å². The molecule has 0 amide bonds. The monoisotopic (exact) mass is 181 g/mol. The van der Waals surface area contributed by atoms with Gasteiger partial charge in [0.2, 0.25) is 0 Å². The summed E-state index contributed by atoms with van der Waals surface area (Å²) in [6.07, 6.45) is 5.98. The first-order valence-corrected chi connectivity index (χ1v) is 5.88. The number of hydrogen-bond acceptors (Lipinski definition) is 1. The molecule has 0 spiro atoms. The average molecular weight is 181 g/mol. The van der Waals surface area contributed by atoms with E-state index in [9.17, 15) is 0 Å². The first-order chi connectivity index (χ1) is 6.18. The van der Waals surface area contributed by atoms with Gasteiger partial charge in [0.05, 0.1) is 0 Å². The topological polar surface area (TPSA) is 3.24 Å². The first-order valence-electron chi connectivity index (χ1n) is 5.88. The summed E-state index contributed by atoms with van der Waals surface area (Å²) in [6, 6.07) is 0.861. The summed E-state index contributed by atoms with van der Waals surface area (Å²) in [4.78, 5) is 2.61. The van der Waals surface area contributed by atoms with E-state index in [2.05, 4.69) is 25.8 Å². The predicted molar refractivity (Wildman–Crippen MR) is 56.7 cm³/mol. The molecule has 1 nitrogen and oxygen atoms in total. The van der Waals surface area contributed by atoms with E-state index in [1.807, 2.05) is 0 Å². The van der Waals surface area contributed by atoms with Crippen LogP contribution in [0, 0.1) is 17.8 Å². The highest BCUT2D eigenvalue weighted by Gasteiger charge is 2.37. The van der Waals surface area contributed by atoms with Gasteiger partial charge in [0.15, 0.2) is 0 Å². The van der Waals surface area contributed by atoms with Crippen molar-refractivity contribution in [1.82, 2.24) is 4.90 Å². The molecule has 2 aliphatic rings. The standard InChI is InChI=1S/C12H23N/c1-9(2)12-7-10-5-4-6-11(10)8-13(12)3/h9-12H,4-8H2,1-3H3/t10-,11+,12+/m0/s1. The van der Waals surface area contributed by atoms with E-state index in [0.717, 1.165) is 23.8 Å². The molecule has 0 N–H and O–H groups in total. The van der Waals surface area contributed by atoms with Gasteiger partial charge in [0.1, 0.15) is 0 Å². The van der Waals surface area contributed by atoms with Gasteiger partial charge in [0.25, 0.3) is 0 Å². The van der Waals surface area contributed by atoms with Crippen molar-refractivity contribution in [3.63, 3.8) is 0 Å². The van der Waals surface area contributed by atoms with Crippen molar-refractivity contribution in [2.45, 2.75) is 45.6 Å². The summed E-state index contributed by atoms with van der Waals surface area (Å²) in [5.74, 6) is 2.95. The van der Waals surface area contributed by atoms with E-state index >= 15 is 0 Å². The Balaban J connectivity index is 2.01. The second kappa shape index (κ2) is 3.61. The lowest BCUT2D eigenvalue weighted by atomic mass is 9.81. The molecule has 1 aliphatic heterocycles. The highest BCUT2D eigenvalue weighted by Crippen LogP contribution is 2.40. The lowest BCUT2D eigenvalue weighted by Gasteiger charge is -2.41. The number of fused-ring (bicyclic) bond motifs is 1. The van der Waals surface area contributed by atoms with Crippen LogP contribution in [0.1, 0.15) is 39.5 Å². The van der Waals surface area contributed by atoms with Gasteiger partial charge in [-0.15, -0.1) is 0 Å². The maximum Gasteiger partial charge on any atom is 0.0118 e. The van der Waals surface area contributed by atoms with Crippen molar-refractivity contribution in [2.75, 3.05) is 13.6 Å². The van der Waals surface area contributed by atoms with Crippen molar-refractivity contribution >= 4 is 0 Å². The molecule has 1 saturated carbocycles. The normalized spacial score (nSPS) is 41.1. The summed E-state index contributed by atoms with van der Waals surface area (Å²) in [5.41, 5.74) is 0. The smallest absolute Gasteiger partial charge is 0.0118 e. The van der Waals surface area contributed by atoms with Gasteiger partial charge < -0.3 is 4.90 Å². The third-order valence-electron chi connectivity index (χ3n) is 4.22. The van der Waals surface area contributed by atoms with Gasteiger partial charge in [-0.1, -0.05) is 26.7 Å². The van der Waals surface area contributed by atoms with Crippen molar-refractivity contribution in [3.8, 4) is 0 Å². The summed E-state index contributed by atoms with van der Waals surface area (Å²) >= 11 is 0. The second-order valence-electron chi connectivity index (χ2n) is 5.44. The van der Waals surface area contributed by atoms with Crippen LogP contribution in [-0.2, 0) is 0 Å². The van der Waals surface area contributed by atoms with Crippen molar-refractivity contribution < 1.29 is 0 Å². The molecular formula is C12H23N. The molecule has 1 saturated heterocycles. The second-order valence-corrected chi connectivity index (χ2v) is 5.44. The first kappa shape index (κ1) is 9.51. The number of nitrogens with zero attached hydrogens (tertiary/aromatic N) is 1. The van der Waals surface area contributed by atoms with Crippen LogP contribution in [0.15, 0.2) is 0 Å². The zero-order valence-corrected chi connectivity index (χ0v) is 9.29. The predicted octanol–water partition coefficient (Wildman–Crippen LogP) is 2.76. The molecule has 1 heterocycles. The molecular weight excluding hydrogens is 158 g/mol. The van der Waals surface area contributed by atoms with Crippen LogP contribution in [-0.4, -0.2) is 24.5 Å². The quantitative estimate of drug-likeness (QED) is 0.601. The van der Waals surface area contributed by atoms with E-state index in [1.165, 1.54) is 32.2 Å². The van der Waals surface area contributed by atoms with Crippen LogP contribution < -0.4 is 0 Å². The minimum Gasteiger partial charge on any atom is -0.303 e. The van der Waals surface area contributed by atoms with Crippen LogP contribution in [0.25, 0.3) is 0 Å². The number of hydrogen-bond donors (Lipinski definition) is 0. The maximum atomic E-state index is 2.61. The van der Waals surface area contributed by atoms with E-state index in [0.29, 0.717) is 0 Å². The molecule has 76 valence electrons. The molecule has 1 aliphatic carbocycles. The molecule has 0 unspecified atom stereocenters. The Kier molecular flexibility index (Phi) is 2.64. The van der Waals surface area contributed by atoms with Crippen LogP contribution in [0.3, 0.4) is 0 Å². The molecule has 1 heteroatoms. The van der Waals surface area contributed by atoms with Crippen LogP contribution in [0.5, 0.6) is 0 Å².